The number of nitriles is 1. The summed E-state index contributed by atoms with van der Waals surface area (Å²) >= 11 is 6.00. The molecule has 2 heterocycles. The second-order valence-electron chi connectivity index (χ2n) is 5.03. The van der Waals surface area contributed by atoms with Crippen molar-refractivity contribution >= 4 is 17.3 Å². The summed E-state index contributed by atoms with van der Waals surface area (Å²) in [6.07, 6.45) is -0.726. The maximum Gasteiger partial charge on any atom is 0.417 e. The molecule has 0 amide bonds. The van der Waals surface area contributed by atoms with Gasteiger partial charge < -0.3 is 5.32 Å². The topological polar surface area (TPSA) is 83.6 Å². The van der Waals surface area contributed by atoms with Gasteiger partial charge in [-0.15, -0.1) is 0 Å². The van der Waals surface area contributed by atoms with Crippen LogP contribution in [0.15, 0.2) is 29.3 Å². The van der Waals surface area contributed by atoms with Crippen LogP contribution in [0.4, 0.5) is 18.9 Å². The molecule has 6 nitrogen and oxygen atoms in total. The smallest absolute Gasteiger partial charge is 0.382 e. The van der Waals surface area contributed by atoms with E-state index < -0.39 is 17.3 Å². The van der Waals surface area contributed by atoms with Gasteiger partial charge in [0, 0.05) is 19.2 Å². The lowest BCUT2D eigenvalue weighted by atomic mass is 10.2. The van der Waals surface area contributed by atoms with Crippen LogP contribution >= 0.6 is 11.6 Å². The maximum absolute atomic E-state index is 12.5. The van der Waals surface area contributed by atoms with Gasteiger partial charge in [-0.3, -0.25) is 4.79 Å². The number of hydrogen-bond acceptors (Lipinski definition) is 5. The van der Waals surface area contributed by atoms with E-state index in [1.54, 1.807) is 0 Å². The molecular weight excluding hydrogens is 359 g/mol. The van der Waals surface area contributed by atoms with Crippen molar-refractivity contribution in [2.75, 3.05) is 11.9 Å². The fraction of sp³-hybridized carbons (Fsp3) is 0.333. The monoisotopic (exact) mass is 371 g/mol. The van der Waals surface area contributed by atoms with Crippen LogP contribution in [0.3, 0.4) is 0 Å². The van der Waals surface area contributed by atoms with Crippen molar-refractivity contribution < 1.29 is 13.2 Å². The first-order valence-corrected chi connectivity index (χ1v) is 7.64. The van der Waals surface area contributed by atoms with E-state index >= 15 is 0 Å². The molecular formula is C15H13ClF3N5O. The maximum atomic E-state index is 12.5. The van der Waals surface area contributed by atoms with E-state index in [0.717, 1.165) is 16.8 Å². The Hall–Kier alpha value is -2.60. The van der Waals surface area contributed by atoms with E-state index in [0.29, 0.717) is 37.7 Å². The van der Waals surface area contributed by atoms with Crippen LogP contribution in [-0.4, -0.2) is 21.3 Å². The van der Waals surface area contributed by atoms with Gasteiger partial charge in [0.25, 0.3) is 5.56 Å². The van der Waals surface area contributed by atoms with Crippen LogP contribution < -0.4 is 10.9 Å². The van der Waals surface area contributed by atoms with Crippen molar-refractivity contribution in [1.82, 2.24) is 14.8 Å². The average molecular weight is 372 g/mol. The zero-order chi connectivity index (χ0) is 18.4. The van der Waals surface area contributed by atoms with Crippen LogP contribution in [-0.2, 0) is 6.18 Å². The van der Waals surface area contributed by atoms with Gasteiger partial charge in [0.1, 0.15) is 5.02 Å². The van der Waals surface area contributed by atoms with Gasteiger partial charge in [-0.2, -0.15) is 28.2 Å². The van der Waals surface area contributed by atoms with E-state index in [1.165, 1.54) is 6.20 Å². The van der Waals surface area contributed by atoms with Crippen molar-refractivity contribution in [1.29, 1.82) is 5.26 Å². The average Bonchev–Trinajstić information content (AvgIpc) is 2.58. The molecule has 0 radical (unpaired) electrons. The molecule has 25 heavy (non-hydrogen) atoms. The Morgan fingerprint density at radius 2 is 2.04 bits per heavy atom. The second kappa shape index (κ2) is 7.98. The highest BCUT2D eigenvalue weighted by Gasteiger charge is 2.30. The Morgan fingerprint density at radius 3 is 2.64 bits per heavy atom. The molecule has 0 aromatic carbocycles. The Kier molecular flexibility index (Phi) is 5.98. The molecule has 0 aliphatic heterocycles. The van der Waals surface area contributed by atoms with Gasteiger partial charge in [-0.1, -0.05) is 11.6 Å². The van der Waals surface area contributed by atoms with Crippen molar-refractivity contribution in [3.8, 4) is 11.9 Å². The summed E-state index contributed by atoms with van der Waals surface area (Å²) < 4.78 is 38.5. The predicted octanol–water partition coefficient (Wildman–Crippen LogP) is 3.41. The number of pyridine rings is 1. The van der Waals surface area contributed by atoms with Crippen molar-refractivity contribution in [2.24, 2.45) is 0 Å². The van der Waals surface area contributed by atoms with Crippen LogP contribution in [0, 0.1) is 11.3 Å². The van der Waals surface area contributed by atoms with Crippen molar-refractivity contribution in [3.05, 3.63) is 45.5 Å². The zero-order valence-corrected chi connectivity index (χ0v) is 13.6. The van der Waals surface area contributed by atoms with E-state index in [1.807, 2.05) is 6.07 Å². The molecule has 0 aliphatic rings. The number of hydrogen-bond donors (Lipinski definition) is 1. The van der Waals surface area contributed by atoms with Gasteiger partial charge in [0.05, 0.1) is 23.5 Å². The predicted molar refractivity (Wildman–Crippen MR) is 85.6 cm³/mol. The molecule has 2 rings (SSSR count). The van der Waals surface area contributed by atoms with Gasteiger partial charge in [-0.25, -0.2) is 4.98 Å². The highest BCUT2D eigenvalue weighted by atomic mass is 35.5. The minimum absolute atomic E-state index is 0.0690. The quantitative estimate of drug-likeness (QED) is 0.787. The molecule has 2 aromatic rings. The summed E-state index contributed by atoms with van der Waals surface area (Å²) in [5, 5.41) is 15.1. The molecule has 2 aromatic heterocycles. The molecule has 1 N–H and O–H groups in total. The lowest BCUT2D eigenvalue weighted by molar-refractivity contribution is -0.137. The summed E-state index contributed by atoms with van der Waals surface area (Å²) in [5.41, 5.74) is -1.31. The lowest BCUT2D eigenvalue weighted by Gasteiger charge is -2.10. The lowest BCUT2D eigenvalue weighted by Crippen LogP contribution is -2.24. The second-order valence-corrected chi connectivity index (χ2v) is 5.41. The van der Waals surface area contributed by atoms with Gasteiger partial charge >= 0.3 is 6.18 Å². The zero-order valence-electron chi connectivity index (χ0n) is 12.8. The van der Waals surface area contributed by atoms with Crippen molar-refractivity contribution in [2.45, 2.75) is 25.4 Å². The number of rotatable bonds is 6. The summed E-state index contributed by atoms with van der Waals surface area (Å²) in [5.74, 6) is -0.0690. The van der Waals surface area contributed by atoms with E-state index in [-0.39, 0.29) is 10.8 Å². The third-order valence-corrected chi connectivity index (χ3v) is 3.61. The summed E-state index contributed by atoms with van der Waals surface area (Å²) in [7, 11) is 0. The van der Waals surface area contributed by atoms with Crippen LogP contribution in [0.5, 0.6) is 0 Å². The highest BCUT2D eigenvalue weighted by molar-refractivity contribution is 6.32. The fourth-order valence-electron chi connectivity index (χ4n) is 1.95. The molecule has 0 saturated carbocycles. The van der Waals surface area contributed by atoms with Crippen LogP contribution in [0.1, 0.15) is 24.8 Å². The van der Waals surface area contributed by atoms with Gasteiger partial charge in [0.15, 0.2) is 5.82 Å². The normalized spacial score (nSPS) is 11.2. The number of anilines is 1. The first-order chi connectivity index (χ1) is 11.8. The minimum atomic E-state index is -4.51. The number of unbranched alkanes of at least 4 members (excludes halogenated alkanes) is 2. The van der Waals surface area contributed by atoms with Crippen molar-refractivity contribution in [3.63, 3.8) is 0 Å². The van der Waals surface area contributed by atoms with E-state index in [4.69, 9.17) is 16.9 Å². The Morgan fingerprint density at radius 1 is 1.28 bits per heavy atom. The van der Waals surface area contributed by atoms with Gasteiger partial charge in [0.2, 0.25) is 0 Å². The number of alkyl halides is 3. The molecule has 0 aliphatic carbocycles. The van der Waals surface area contributed by atoms with Crippen LogP contribution in [0.25, 0.3) is 5.82 Å². The minimum Gasteiger partial charge on any atom is -0.382 e. The number of nitrogens with zero attached hydrogens (tertiary/aromatic N) is 4. The number of aromatic nitrogens is 3. The molecule has 0 atom stereocenters. The largest absolute Gasteiger partial charge is 0.417 e. The molecule has 0 spiro atoms. The standard InChI is InChI=1S/C15H13ClF3N5O/c16-13-11(21-7-3-1-2-6-20)9-23-24(14(13)25)12-5-4-10(8-22-12)15(17,18)19/h4-5,8-9,21H,1-3,7H2. The summed E-state index contributed by atoms with van der Waals surface area (Å²) in [6, 6.07) is 3.88. The third-order valence-electron chi connectivity index (χ3n) is 3.24. The number of nitrogens with one attached hydrogen (secondary N) is 1. The first kappa shape index (κ1) is 18.7. The van der Waals surface area contributed by atoms with Gasteiger partial charge in [-0.05, 0) is 25.0 Å². The molecule has 132 valence electrons. The SMILES string of the molecule is N#CCCCCNc1cnn(-c2ccc(C(F)(F)F)cn2)c(=O)c1Cl. The highest BCUT2D eigenvalue weighted by Crippen LogP contribution is 2.28. The Balaban J connectivity index is 2.17. The van der Waals surface area contributed by atoms with E-state index in [9.17, 15) is 18.0 Å². The number of halogens is 4. The molecule has 0 unspecified atom stereocenters. The molecule has 0 bridgehead atoms. The molecule has 0 fully saturated rings. The van der Waals surface area contributed by atoms with E-state index in [2.05, 4.69) is 15.4 Å². The summed E-state index contributed by atoms with van der Waals surface area (Å²) in [4.78, 5) is 15.8. The fourth-order valence-corrected chi connectivity index (χ4v) is 2.15. The third kappa shape index (κ3) is 4.70. The molecule has 10 heteroatoms. The Bertz CT molecular complexity index is 827. The van der Waals surface area contributed by atoms with Crippen LogP contribution in [0.2, 0.25) is 5.02 Å². The Labute approximate surface area is 145 Å². The first-order valence-electron chi connectivity index (χ1n) is 7.27. The summed E-state index contributed by atoms with van der Waals surface area (Å²) in [6.45, 7) is 0.505. The molecule has 0 saturated heterocycles.